The lowest BCUT2D eigenvalue weighted by atomic mass is 10.2. The number of aromatic nitrogens is 2. The molecule has 162 valence electrons. The summed E-state index contributed by atoms with van der Waals surface area (Å²) in [6, 6.07) is 25.4. The van der Waals surface area contributed by atoms with Crippen LogP contribution in [0.4, 0.5) is 11.4 Å². The summed E-state index contributed by atoms with van der Waals surface area (Å²) >= 11 is 1.40. The standard InChI is InChI=1S/C27H22N4OS/c1-19-17-21(20(2)30(19)24-13-15-28-16-14-24)18-25-26(32)31(23-11-7-4-8-12-23)27(33-25)29-22-9-5-3-6-10-22/h3-18H,1-2H3/b25-18-,29-27?. The van der Waals surface area contributed by atoms with Crippen molar-refractivity contribution in [2.45, 2.75) is 13.8 Å². The molecule has 1 amide bonds. The first-order valence-electron chi connectivity index (χ1n) is 10.6. The number of amidine groups is 1. The minimum atomic E-state index is -0.0744. The Morgan fingerprint density at radius 1 is 0.879 bits per heavy atom. The van der Waals surface area contributed by atoms with Crippen molar-refractivity contribution in [2.24, 2.45) is 4.99 Å². The van der Waals surface area contributed by atoms with E-state index in [0.717, 1.165) is 34.0 Å². The molecule has 2 aromatic heterocycles. The molecule has 0 radical (unpaired) electrons. The van der Waals surface area contributed by atoms with Gasteiger partial charge in [0, 0.05) is 29.5 Å². The van der Waals surface area contributed by atoms with Gasteiger partial charge in [-0.2, -0.15) is 0 Å². The number of aliphatic imine (C=N–C) groups is 1. The number of amides is 1. The van der Waals surface area contributed by atoms with Crippen LogP contribution in [0.2, 0.25) is 0 Å². The summed E-state index contributed by atoms with van der Waals surface area (Å²) in [5, 5.41) is 0.645. The van der Waals surface area contributed by atoms with Crippen molar-refractivity contribution in [3.63, 3.8) is 0 Å². The Kier molecular flexibility index (Phi) is 5.67. The second kappa shape index (κ2) is 8.92. The zero-order valence-electron chi connectivity index (χ0n) is 18.3. The molecule has 0 aliphatic carbocycles. The van der Waals surface area contributed by atoms with Crippen molar-refractivity contribution >= 4 is 40.3 Å². The van der Waals surface area contributed by atoms with E-state index in [-0.39, 0.29) is 5.91 Å². The summed E-state index contributed by atoms with van der Waals surface area (Å²) in [5.74, 6) is -0.0744. The summed E-state index contributed by atoms with van der Waals surface area (Å²) in [6.45, 7) is 4.13. The Labute approximate surface area is 197 Å². The SMILES string of the molecule is Cc1cc(/C=C2\SC(=Nc3ccccc3)N(c3ccccc3)C2=O)c(C)n1-c1ccncc1. The van der Waals surface area contributed by atoms with Crippen LogP contribution >= 0.6 is 11.8 Å². The molecule has 0 unspecified atom stereocenters. The molecule has 0 N–H and O–H groups in total. The number of pyridine rings is 1. The van der Waals surface area contributed by atoms with Gasteiger partial charge in [0.25, 0.3) is 5.91 Å². The van der Waals surface area contributed by atoms with Crippen molar-refractivity contribution in [2.75, 3.05) is 4.90 Å². The van der Waals surface area contributed by atoms with E-state index in [0.29, 0.717) is 10.1 Å². The van der Waals surface area contributed by atoms with E-state index >= 15 is 0 Å². The Balaban J connectivity index is 1.57. The third-order valence-corrected chi connectivity index (χ3v) is 6.45. The van der Waals surface area contributed by atoms with Gasteiger partial charge < -0.3 is 4.57 Å². The molecule has 0 spiro atoms. The van der Waals surface area contributed by atoms with Crippen LogP contribution in [0, 0.1) is 13.8 Å². The number of nitrogens with zero attached hydrogens (tertiary/aromatic N) is 4. The van der Waals surface area contributed by atoms with Gasteiger partial charge in [-0.1, -0.05) is 36.4 Å². The van der Waals surface area contributed by atoms with E-state index in [9.17, 15) is 4.79 Å². The largest absolute Gasteiger partial charge is 0.318 e. The number of thioether (sulfide) groups is 1. The molecule has 5 rings (SSSR count). The topological polar surface area (TPSA) is 50.5 Å². The van der Waals surface area contributed by atoms with Crippen LogP contribution in [0.3, 0.4) is 0 Å². The Morgan fingerprint density at radius 3 is 2.24 bits per heavy atom. The first-order chi connectivity index (χ1) is 16.1. The van der Waals surface area contributed by atoms with E-state index in [1.165, 1.54) is 11.8 Å². The number of anilines is 1. The smallest absolute Gasteiger partial charge is 0.271 e. The zero-order valence-corrected chi connectivity index (χ0v) is 19.2. The van der Waals surface area contributed by atoms with Crippen LogP contribution in [-0.2, 0) is 4.79 Å². The number of aryl methyl sites for hydroxylation is 1. The van der Waals surface area contributed by atoms with Crippen molar-refractivity contribution < 1.29 is 4.79 Å². The van der Waals surface area contributed by atoms with Gasteiger partial charge in [0.1, 0.15) is 0 Å². The monoisotopic (exact) mass is 450 g/mol. The van der Waals surface area contributed by atoms with Gasteiger partial charge >= 0.3 is 0 Å². The number of para-hydroxylation sites is 2. The first-order valence-corrected chi connectivity index (χ1v) is 11.5. The van der Waals surface area contributed by atoms with Crippen molar-refractivity contribution in [1.29, 1.82) is 0 Å². The van der Waals surface area contributed by atoms with Gasteiger partial charge in [-0.3, -0.25) is 14.7 Å². The summed E-state index contributed by atoms with van der Waals surface area (Å²) in [4.78, 5) is 24.8. The van der Waals surface area contributed by atoms with Gasteiger partial charge in [0.05, 0.1) is 16.3 Å². The molecule has 1 saturated heterocycles. The Bertz CT molecular complexity index is 1360. The number of hydrogen-bond donors (Lipinski definition) is 0. The molecule has 33 heavy (non-hydrogen) atoms. The molecule has 5 nitrogen and oxygen atoms in total. The highest BCUT2D eigenvalue weighted by Gasteiger charge is 2.35. The van der Waals surface area contributed by atoms with Crippen LogP contribution in [0.15, 0.2) is 101 Å². The van der Waals surface area contributed by atoms with E-state index in [2.05, 4.69) is 29.5 Å². The van der Waals surface area contributed by atoms with Gasteiger partial charge in [0.15, 0.2) is 5.17 Å². The van der Waals surface area contributed by atoms with Crippen molar-refractivity contribution in [3.8, 4) is 5.69 Å². The van der Waals surface area contributed by atoms with Gasteiger partial charge in [-0.05, 0) is 79.7 Å². The quantitative estimate of drug-likeness (QED) is 0.343. The molecule has 6 heteroatoms. The summed E-state index contributed by atoms with van der Waals surface area (Å²) in [6.07, 6.45) is 5.54. The average Bonchev–Trinajstić information content (AvgIpc) is 3.30. The predicted octanol–water partition coefficient (Wildman–Crippen LogP) is 6.30. The van der Waals surface area contributed by atoms with Crippen LogP contribution in [0.1, 0.15) is 17.0 Å². The lowest BCUT2D eigenvalue weighted by Crippen LogP contribution is -2.28. The Morgan fingerprint density at radius 2 is 1.55 bits per heavy atom. The van der Waals surface area contributed by atoms with Crippen LogP contribution in [0.25, 0.3) is 11.8 Å². The fourth-order valence-electron chi connectivity index (χ4n) is 3.93. The average molecular weight is 451 g/mol. The maximum atomic E-state index is 13.5. The lowest BCUT2D eigenvalue weighted by molar-refractivity contribution is -0.113. The molecule has 4 aromatic rings. The van der Waals surface area contributed by atoms with E-state index in [4.69, 9.17) is 4.99 Å². The van der Waals surface area contributed by atoms with Gasteiger partial charge in [-0.15, -0.1) is 0 Å². The number of carbonyl (C=O) groups is 1. The molecule has 0 saturated carbocycles. The number of hydrogen-bond acceptors (Lipinski definition) is 4. The highest BCUT2D eigenvalue weighted by Crippen LogP contribution is 2.38. The van der Waals surface area contributed by atoms with E-state index < -0.39 is 0 Å². The zero-order chi connectivity index (χ0) is 22.8. The maximum absolute atomic E-state index is 13.5. The molecule has 1 fully saturated rings. The number of rotatable bonds is 4. The molecule has 2 aromatic carbocycles. The summed E-state index contributed by atoms with van der Waals surface area (Å²) < 4.78 is 2.17. The van der Waals surface area contributed by atoms with Crippen molar-refractivity contribution in [3.05, 3.63) is 113 Å². The molecule has 0 atom stereocenters. The predicted molar refractivity (Wildman–Crippen MR) is 136 cm³/mol. The second-order valence-corrected chi connectivity index (χ2v) is 8.69. The highest BCUT2D eigenvalue weighted by atomic mass is 32.2. The molecular formula is C27H22N4OS. The fraction of sp³-hybridized carbons (Fsp3) is 0.0741. The highest BCUT2D eigenvalue weighted by molar-refractivity contribution is 8.19. The minimum Gasteiger partial charge on any atom is -0.318 e. The molecule has 1 aliphatic heterocycles. The third-order valence-electron chi connectivity index (χ3n) is 5.48. The maximum Gasteiger partial charge on any atom is 0.271 e. The molecule has 1 aliphatic rings. The van der Waals surface area contributed by atoms with Crippen LogP contribution in [-0.4, -0.2) is 20.6 Å². The second-order valence-electron chi connectivity index (χ2n) is 7.68. The van der Waals surface area contributed by atoms with Crippen LogP contribution in [0.5, 0.6) is 0 Å². The minimum absolute atomic E-state index is 0.0744. The van der Waals surface area contributed by atoms with E-state index in [1.807, 2.05) is 78.9 Å². The number of carbonyl (C=O) groups excluding carboxylic acids is 1. The summed E-state index contributed by atoms with van der Waals surface area (Å²) in [5.41, 5.74) is 5.83. The van der Waals surface area contributed by atoms with Gasteiger partial charge in [-0.25, -0.2) is 4.99 Å². The lowest BCUT2D eigenvalue weighted by Gasteiger charge is -2.15. The van der Waals surface area contributed by atoms with Crippen molar-refractivity contribution in [1.82, 2.24) is 9.55 Å². The third kappa shape index (κ3) is 4.13. The van der Waals surface area contributed by atoms with Crippen LogP contribution < -0.4 is 4.90 Å². The van der Waals surface area contributed by atoms with E-state index in [1.54, 1.807) is 17.3 Å². The molecule has 0 bridgehead atoms. The molecular weight excluding hydrogens is 428 g/mol. The van der Waals surface area contributed by atoms with Gasteiger partial charge in [0.2, 0.25) is 0 Å². The Hall–Kier alpha value is -3.90. The summed E-state index contributed by atoms with van der Waals surface area (Å²) in [7, 11) is 0. The fourth-order valence-corrected chi connectivity index (χ4v) is 4.92. The number of benzene rings is 2. The first kappa shape index (κ1) is 21.0. The normalized spacial score (nSPS) is 16.2. The molecule has 3 heterocycles.